The SMILES string of the molecule is CC/C=C\C/C=C\C/C=C\CCCCCCCC(=O)NC(COC1OC(CO)C(OC2OC(CO)C(OC3OC(CO)C(O)C(O)C3O)C(O)C2O)C(O)C1O)C(O)/C=C/CC/C=C/CC/C=C/CCCCCCCCCCCCCCC. The lowest BCUT2D eigenvalue weighted by atomic mass is 9.96. The molecule has 1 amide bonds. The molecule has 3 heterocycles. The fourth-order valence-corrected chi connectivity index (χ4v) is 10.3. The van der Waals surface area contributed by atoms with E-state index in [-0.39, 0.29) is 18.9 Å². The van der Waals surface area contributed by atoms with Gasteiger partial charge in [-0.3, -0.25) is 4.79 Å². The number of aliphatic hydroxyl groups is 11. The number of allylic oxidation sites excluding steroid dienone is 11. The van der Waals surface area contributed by atoms with Crippen molar-refractivity contribution in [1.82, 2.24) is 5.32 Å². The van der Waals surface area contributed by atoms with Gasteiger partial charge >= 0.3 is 0 Å². The molecule has 0 aromatic carbocycles. The van der Waals surface area contributed by atoms with Gasteiger partial charge in [-0.05, 0) is 77.0 Å². The van der Waals surface area contributed by atoms with Gasteiger partial charge in [-0.1, -0.05) is 183 Å². The second-order valence-corrected chi connectivity index (χ2v) is 22.5. The summed E-state index contributed by atoms with van der Waals surface area (Å²) in [6.45, 7) is 1.56. The van der Waals surface area contributed by atoms with Crippen LogP contribution in [0, 0.1) is 0 Å². The van der Waals surface area contributed by atoms with Gasteiger partial charge in [-0.15, -0.1) is 0 Å². The van der Waals surface area contributed by atoms with Gasteiger partial charge in [0, 0.05) is 6.42 Å². The van der Waals surface area contributed by atoms with E-state index in [4.69, 9.17) is 28.4 Å². The molecule has 12 N–H and O–H groups in total. The highest BCUT2D eigenvalue weighted by atomic mass is 16.8. The van der Waals surface area contributed by atoms with Gasteiger partial charge in [0.25, 0.3) is 0 Å². The molecule has 17 unspecified atom stereocenters. The fourth-order valence-electron chi connectivity index (χ4n) is 10.3. The minimum Gasteiger partial charge on any atom is -0.394 e. The van der Waals surface area contributed by atoms with Crippen molar-refractivity contribution in [2.45, 2.75) is 298 Å². The highest BCUT2D eigenvalue weighted by molar-refractivity contribution is 5.76. The Morgan fingerprint density at radius 3 is 1.35 bits per heavy atom. The van der Waals surface area contributed by atoms with Crippen molar-refractivity contribution < 1.29 is 89.4 Å². The van der Waals surface area contributed by atoms with Crippen LogP contribution >= 0.6 is 0 Å². The number of aliphatic hydroxyl groups excluding tert-OH is 11. The molecular weight excluding hydrogens is 1070 g/mol. The van der Waals surface area contributed by atoms with Crippen molar-refractivity contribution >= 4 is 5.91 Å². The minimum absolute atomic E-state index is 0.209. The Labute approximate surface area is 496 Å². The Bertz CT molecular complexity index is 1790. The van der Waals surface area contributed by atoms with Crippen molar-refractivity contribution in [3.8, 4) is 0 Å². The van der Waals surface area contributed by atoms with Crippen LogP contribution in [0.5, 0.6) is 0 Å². The molecule has 3 rings (SSSR count). The molecular formula is C64H111NO18. The lowest BCUT2D eigenvalue weighted by Gasteiger charge is -2.48. The molecule has 83 heavy (non-hydrogen) atoms. The second-order valence-electron chi connectivity index (χ2n) is 22.5. The lowest BCUT2D eigenvalue weighted by molar-refractivity contribution is -0.379. The smallest absolute Gasteiger partial charge is 0.220 e. The summed E-state index contributed by atoms with van der Waals surface area (Å²) in [5, 5.41) is 120. The van der Waals surface area contributed by atoms with Gasteiger partial charge in [-0.25, -0.2) is 0 Å². The number of rotatable bonds is 46. The zero-order valence-corrected chi connectivity index (χ0v) is 50.1. The molecule has 3 fully saturated rings. The Kier molecular flexibility index (Phi) is 41.6. The Balaban J connectivity index is 1.50. The topological polar surface area (TPSA) is 307 Å². The molecule has 480 valence electrons. The van der Waals surface area contributed by atoms with E-state index in [0.717, 1.165) is 77.0 Å². The number of carbonyl (C=O) groups excluding carboxylic acids is 1. The average molecular weight is 1180 g/mol. The highest BCUT2D eigenvalue weighted by Gasteiger charge is 2.53. The van der Waals surface area contributed by atoms with Crippen molar-refractivity contribution in [3.63, 3.8) is 0 Å². The van der Waals surface area contributed by atoms with Crippen molar-refractivity contribution in [2.75, 3.05) is 26.4 Å². The first-order valence-electron chi connectivity index (χ1n) is 31.7. The number of hydrogen-bond acceptors (Lipinski definition) is 18. The van der Waals surface area contributed by atoms with E-state index in [1.807, 2.05) is 6.08 Å². The Morgan fingerprint density at radius 2 is 0.843 bits per heavy atom. The Hall–Kier alpha value is -2.77. The van der Waals surface area contributed by atoms with E-state index in [1.54, 1.807) is 6.08 Å². The summed E-state index contributed by atoms with van der Waals surface area (Å²) in [6, 6.07) is -1.01. The number of ether oxygens (including phenoxy) is 6. The molecule has 17 atom stereocenters. The van der Waals surface area contributed by atoms with Crippen LogP contribution in [0.3, 0.4) is 0 Å². The summed E-state index contributed by atoms with van der Waals surface area (Å²) in [7, 11) is 0. The number of amides is 1. The third-order valence-corrected chi connectivity index (χ3v) is 15.5. The van der Waals surface area contributed by atoms with Crippen LogP contribution in [0.25, 0.3) is 0 Å². The summed E-state index contributed by atoms with van der Waals surface area (Å²) >= 11 is 0. The summed E-state index contributed by atoms with van der Waals surface area (Å²) < 4.78 is 34.2. The molecule has 19 heteroatoms. The second kappa shape index (κ2) is 46.4. The maximum absolute atomic E-state index is 13.3. The van der Waals surface area contributed by atoms with Gasteiger partial charge in [0.1, 0.15) is 73.2 Å². The van der Waals surface area contributed by atoms with E-state index >= 15 is 0 Å². The third kappa shape index (κ3) is 29.7. The molecule has 3 saturated heterocycles. The van der Waals surface area contributed by atoms with Gasteiger partial charge < -0.3 is 89.9 Å². The van der Waals surface area contributed by atoms with E-state index in [2.05, 4.69) is 79.9 Å². The van der Waals surface area contributed by atoms with Gasteiger partial charge in [0.05, 0.1) is 38.6 Å². The molecule has 19 nitrogen and oxygen atoms in total. The Morgan fingerprint density at radius 1 is 0.446 bits per heavy atom. The zero-order chi connectivity index (χ0) is 60.5. The first-order valence-corrected chi connectivity index (χ1v) is 31.7. The first kappa shape index (κ1) is 74.5. The summed E-state index contributed by atoms with van der Waals surface area (Å²) in [6.07, 6.45) is 28.9. The minimum atomic E-state index is -1.99. The molecule has 0 aromatic heterocycles. The molecule has 0 spiro atoms. The molecule has 0 saturated carbocycles. The largest absolute Gasteiger partial charge is 0.394 e. The first-order chi connectivity index (χ1) is 40.3. The molecule has 3 aliphatic rings. The maximum Gasteiger partial charge on any atom is 0.220 e. The number of hydrogen-bond donors (Lipinski definition) is 12. The molecule has 3 aliphatic heterocycles. The predicted molar refractivity (Wildman–Crippen MR) is 318 cm³/mol. The third-order valence-electron chi connectivity index (χ3n) is 15.5. The van der Waals surface area contributed by atoms with Crippen LogP contribution in [0.15, 0.2) is 72.9 Å². The van der Waals surface area contributed by atoms with Crippen molar-refractivity contribution in [2.24, 2.45) is 0 Å². The fraction of sp³-hybridized carbons (Fsp3) is 0.797. The van der Waals surface area contributed by atoms with Crippen LogP contribution in [-0.4, -0.2) is 193 Å². The summed E-state index contributed by atoms with van der Waals surface area (Å²) in [4.78, 5) is 13.3. The molecule has 0 aliphatic carbocycles. The molecule has 0 aromatic rings. The normalized spacial score (nSPS) is 29.9. The zero-order valence-electron chi connectivity index (χ0n) is 50.1. The van der Waals surface area contributed by atoms with E-state index < -0.39 is 124 Å². The number of carbonyl (C=O) groups is 1. The maximum atomic E-state index is 13.3. The number of nitrogens with one attached hydrogen (secondary N) is 1. The quantitative estimate of drug-likeness (QED) is 0.0226. The van der Waals surface area contributed by atoms with Crippen LogP contribution < -0.4 is 5.32 Å². The highest BCUT2D eigenvalue weighted by Crippen LogP contribution is 2.33. The van der Waals surface area contributed by atoms with Crippen LogP contribution in [0.4, 0.5) is 0 Å². The number of unbranched alkanes of at least 4 members (excludes halogenated alkanes) is 20. The van der Waals surface area contributed by atoms with Crippen LogP contribution in [0.1, 0.15) is 194 Å². The van der Waals surface area contributed by atoms with E-state index in [1.165, 1.54) is 83.5 Å². The van der Waals surface area contributed by atoms with Gasteiger partial charge in [-0.2, -0.15) is 0 Å². The summed E-state index contributed by atoms with van der Waals surface area (Å²) in [5.41, 5.74) is 0. The van der Waals surface area contributed by atoms with E-state index in [0.29, 0.717) is 12.8 Å². The molecule has 0 radical (unpaired) electrons. The van der Waals surface area contributed by atoms with Gasteiger partial charge in [0.2, 0.25) is 5.91 Å². The summed E-state index contributed by atoms with van der Waals surface area (Å²) in [5.74, 6) is -0.310. The standard InChI is InChI=1S/C64H111NO18/c1-3-5-7-9-11-13-15-17-19-20-21-22-23-24-25-26-28-29-31-33-35-37-39-41-48(69)47(65-52(70)42-40-38-36-34-32-30-27-18-16-14-12-10-8-6-4-2)46-78-62-58(76)55(73)60(50(44-67)80-62)83-64-59(77)56(74)61(51(45-68)81-64)82-63-57(75)54(72)53(71)49(43-66)79-63/h6,8,12,14,18,25-27,31,33,39,41,47-51,53-64,66-69,71-77H,3-5,7,9-11,13,15-17,19-24,28-30,32,34-38,40,42-46H2,1-2H3,(H,65,70)/b8-6-,14-12-,26-25+,27-18-,33-31+,41-39+. The molecule has 0 bridgehead atoms. The lowest BCUT2D eigenvalue weighted by Crippen LogP contribution is -2.66. The van der Waals surface area contributed by atoms with Crippen molar-refractivity contribution in [1.29, 1.82) is 0 Å². The van der Waals surface area contributed by atoms with Gasteiger partial charge in [0.15, 0.2) is 18.9 Å². The predicted octanol–water partition coefficient (Wildman–Crippen LogP) is 6.60. The van der Waals surface area contributed by atoms with Crippen LogP contribution in [-0.2, 0) is 33.2 Å². The van der Waals surface area contributed by atoms with Crippen molar-refractivity contribution in [3.05, 3.63) is 72.9 Å². The van der Waals surface area contributed by atoms with Crippen LogP contribution in [0.2, 0.25) is 0 Å². The van der Waals surface area contributed by atoms with E-state index in [9.17, 15) is 61.0 Å². The monoisotopic (exact) mass is 1180 g/mol. The average Bonchev–Trinajstić information content (AvgIpc) is 3.15.